The summed E-state index contributed by atoms with van der Waals surface area (Å²) in [4.78, 5) is 0.271. The van der Waals surface area contributed by atoms with E-state index in [1.165, 1.54) is 0 Å². The molecule has 0 saturated carbocycles. The third kappa shape index (κ3) is 2.91. The molecule has 1 aromatic carbocycles. The van der Waals surface area contributed by atoms with Gasteiger partial charge in [-0.15, -0.1) is 0 Å². The van der Waals surface area contributed by atoms with E-state index in [4.69, 9.17) is 0 Å². The Bertz CT molecular complexity index is 678. The standard InChI is InChI=1S/C14H19N3O2S/c1-4-17-12(3)14(10-15-17)11(2)16-20(18,19)13-8-6-5-7-9-13/h5-11,16H,4H2,1-3H3. The molecule has 1 heterocycles. The van der Waals surface area contributed by atoms with Crippen LogP contribution in [0, 0.1) is 6.92 Å². The van der Waals surface area contributed by atoms with E-state index in [9.17, 15) is 8.42 Å². The number of aryl methyl sites for hydroxylation is 1. The fourth-order valence-corrected chi connectivity index (χ4v) is 3.41. The first-order valence-electron chi connectivity index (χ1n) is 6.55. The van der Waals surface area contributed by atoms with Gasteiger partial charge in [0.15, 0.2) is 0 Å². The molecule has 1 aromatic heterocycles. The second-order valence-electron chi connectivity index (χ2n) is 4.66. The highest BCUT2D eigenvalue weighted by Gasteiger charge is 2.20. The number of aromatic nitrogens is 2. The Morgan fingerprint density at radius 2 is 1.95 bits per heavy atom. The van der Waals surface area contributed by atoms with Crippen molar-refractivity contribution in [2.24, 2.45) is 0 Å². The molecule has 20 heavy (non-hydrogen) atoms. The minimum atomic E-state index is -3.51. The zero-order chi connectivity index (χ0) is 14.8. The SMILES string of the molecule is CCn1ncc(C(C)NS(=O)(=O)c2ccccc2)c1C. The minimum Gasteiger partial charge on any atom is -0.270 e. The van der Waals surface area contributed by atoms with E-state index < -0.39 is 10.0 Å². The van der Waals surface area contributed by atoms with E-state index in [-0.39, 0.29) is 10.9 Å². The largest absolute Gasteiger partial charge is 0.270 e. The van der Waals surface area contributed by atoms with Gasteiger partial charge in [0.05, 0.1) is 11.1 Å². The van der Waals surface area contributed by atoms with Gasteiger partial charge in [-0.1, -0.05) is 18.2 Å². The smallest absolute Gasteiger partial charge is 0.241 e. The van der Waals surface area contributed by atoms with Crippen LogP contribution in [-0.2, 0) is 16.6 Å². The van der Waals surface area contributed by atoms with Crippen LogP contribution in [0.3, 0.4) is 0 Å². The molecular formula is C14H19N3O2S. The average Bonchev–Trinajstić information content (AvgIpc) is 2.80. The zero-order valence-corrected chi connectivity index (χ0v) is 12.7. The second kappa shape index (κ2) is 5.76. The summed E-state index contributed by atoms with van der Waals surface area (Å²) in [7, 11) is -3.51. The summed E-state index contributed by atoms with van der Waals surface area (Å²) in [5.41, 5.74) is 1.88. The van der Waals surface area contributed by atoms with Crippen molar-refractivity contribution >= 4 is 10.0 Å². The van der Waals surface area contributed by atoms with Crippen molar-refractivity contribution < 1.29 is 8.42 Å². The van der Waals surface area contributed by atoms with Crippen LogP contribution in [0.1, 0.15) is 31.1 Å². The Labute approximate surface area is 119 Å². The first kappa shape index (κ1) is 14.7. The molecule has 0 aliphatic heterocycles. The molecule has 0 spiro atoms. The summed E-state index contributed by atoms with van der Waals surface area (Å²) in [5.74, 6) is 0. The molecule has 2 rings (SSSR count). The summed E-state index contributed by atoms with van der Waals surface area (Å²) in [6.07, 6.45) is 1.72. The maximum absolute atomic E-state index is 12.3. The highest BCUT2D eigenvalue weighted by Crippen LogP contribution is 2.19. The molecule has 2 aromatic rings. The molecule has 0 aliphatic rings. The second-order valence-corrected chi connectivity index (χ2v) is 6.37. The lowest BCUT2D eigenvalue weighted by Gasteiger charge is -2.14. The van der Waals surface area contributed by atoms with Gasteiger partial charge in [-0.3, -0.25) is 4.68 Å². The first-order valence-corrected chi connectivity index (χ1v) is 8.03. The molecule has 0 aliphatic carbocycles. The Kier molecular flexibility index (Phi) is 4.25. The summed E-state index contributed by atoms with van der Waals surface area (Å²) in [6.45, 7) is 6.54. The summed E-state index contributed by atoms with van der Waals surface area (Å²) >= 11 is 0. The first-order chi connectivity index (χ1) is 9.45. The van der Waals surface area contributed by atoms with Crippen LogP contribution in [0.15, 0.2) is 41.4 Å². The third-order valence-electron chi connectivity index (χ3n) is 3.29. The Morgan fingerprint density at radius 1 is 1.30 bits per heavy atom. The van der Waals surface area contributed by atoms with E-state index >= 15 is 0 Å². The van der Waals surface area contributed by atoms with Crippen LogP contribution in [0.5, 0.6) is 0 Å². The molecule has 1 atom stereocenters. The van der Waals surface area contributed by atoms with Gasteiger partial charge in [0.1, 0.15) is 0 Å². The van der Waals surface area contributed by atoms with E-state index in [1.54, 1.807) is 36.5 Å². The molecule has 0 amide bonds. The highest BCUT2D eigenvalue weighted by atomic mass is 32.2. The van der Waals surface area contributed by atoms with E-state index in [1.807, 2.05) is 25.5 Å². The van der Waals surface area contributed by atoms with Crippen LogP contribution < -0.4 is 4.72 Å². The van der Waals surface area contributed by atoms with Crippen molar-refractivity contribution in [3.63, 3.8) is 0 Å². The van der Waals surface area contributed by atoms with E-state index in [2.05, 4.69) is 9.82 Å². The number of benzene rings is 1. The Hall–Kier alpha value is -1.66. The van der Waals surface area contributed by atoms with Crippen molar-refractivity contribution in [1.29, 1.82) is 0 Å². The van der Waals surface area contributed by atoms with Crippen molar-refractivity contribution in [3.05, 3.63) is 47.8 Å². The fourth-order valence-electron chi connectivity index (χ4n) is 2.17. The number of nitrogens with zero attached hydrogens (tertiary/aromatic N) is 2. The quantitative estimate of drug-likeness (QED) is 0.919. The van der Waals surface area contributed by atoms with Crippen LogP contribution in [-0.4, -0.2) is 18.2 Å². The molecule has 0 saturated heterocycles. The van der Waals surface area contributed by atoms with Crippen molar-refractivity contribution in [2.75, 3.05) is 0 Å². The fraction of sp³-hybridized carbons (Fsp3) is 0.357. The summed E-state index contributed by atoms with van der Waals surface area (Å²) < 4.78 is 29.1. The predicted molar refractivity (Wildman–Crippen MR) is 77.8 cm³/mol. The predicted octanol–water partition coefficient (Wildman–Crippen LogP) is 2.25. The summed E-state index contributed by atoms with van der Waals surface area (Å²) in [5, 5.41) is 4.24. The normalized spacial score (nSPS) is 13.3. The lowest BCUT2D eigenvalue weighted by Crippen LogP contribution is -2.27. The van der Waals surface area contributed by atoms with Gasteiger partial charge in [-0.2, -0.15) is 5.10 Å². The number of nitrogens with one attached hydrogen (secondary N) is 1. The number of hydrogen-bond acceptors (Lipinski definition) is 3. The molecule has 1 unspecified atom stereocenters. The molecule has 1 N–H and O–H groups in total. The van der Waals surface area contributed by atoms with Gasteiger partial charge in [-0.25, -0.2) is 13.1 Å². The molecule has 6 heteroatoms. The van der Waals surface area contributed by atoms with E-state index in [0.29, 0.717) is 0 Å². The maximum atomic E-state index is 12.3. The van der Waals surface area contributed by atoms with Crippen molar-refractivity contribution in [1.82, 2.24) is 14.5 Å². The molecule has 0 bridgehead atoms. The number of hydrogen-bond donors (Lipinski definition) is 1. The van der Waals surface area contributed by atoms with Gasteiger partial charge in [0, 0.05) is 23.8 Å². The molecule has 0 radical (unpaired) electrons. The van der Waals surface area contributed by atoms with Crippen LogP contribution >= 0.6 is 0 Å². The van der Waals surface area contributed by atoms with Crippen molar-refractivity contribution in [2.45, 2.75) is 38.3 Å². The van der Waals surface area contributed by atoms with E-state index in [0.717, 1.165) is 17.8 Å². The van der Waals surface area contributed by atoms with Crippen LogP contribution in [0.4, 0.5) is 0 Å². The molecule has 108 valence electrons. The minimum absolute atomic E-state index is 0.271. The van der Waals surface area contributed by atoms with Gasteiger partial charge in [-0.05, 0) is 32.9 Å². The van der Waals surface area contributed by atoms with Crippen LogP contribution in [0.25, 0.3) is 0 Å². The summed E-state index contributed by atoms with van der Waals surface area (Å²) in [6, 6.07) is 8.05. The Balaban J connectivity index is 2.23. The van der Waals surface area contributed by atoms with Gasteiger partial charge >= 0.3 is 0 Å². The number of sulfonamides is 1. The number of rotatable bonds is 5. The highest BCUT2D eigenvalue weighted by molar-refractivity contribution is 7.89. The lowest BCUT2D eigenvalue weighted by atomic mass is 10.1. The van der Waals surface area contributed by atoms with Crippen LogP contribution in [0.2, 0.25) is 0 Å². The Morgan fingerprint density at radius 3 is 2.50 bits per heavy atom. The molecule has 0 fully saturated rings. The van der Waals surface area contributed by atoms with Gasteiger partial charge < -0.3 is 0 Å². The van der Waals surface area contributed by atoms with Gasteiger partial charge in [0.25, 0.3) is 0 Å². The molecular weight excluding hydrogens is 274 g/mol. The maximum Gasteiger partial charge on any atom is 0.241 e. The monoisotopic (exact) mass is 293 g/mol. The zero-order valence-electron chi connectivity index (χ0n) is 11.9. The van der Waals surface area contributed by atoms with Crippen molar-refractivity contribution in [3.8, 4) is 0 Å². The van der Waals surface area contributed by atoms with Gasteiger partial charge in [0.2, 0.25) is 10.0 Å². The lowest BCUT2D eigenvalue weighted by molar-refractivity contribution is 0.565. The third-order valence-corrected chi connectivity index (χ3v) is 4.85. The topological polar surface area (TPSA) is 64.0 Å². The molecule has 5 nitrogen and oxygen atoms in total. The average molecular weight is 293 g/mol.